The molecule has 2 fully saturated rings. The normalized spacial score (nSPS) is 16.3. The summed E-state index contributed by atoms with van der Waals surface area (Å²) in [5, 5.41) is 8.30. The molecule has 2 aliphatic rings. The molecule has 1 aliphatic heterocycles. The van der Waals surface area contributed by atoms with Crippen LogP contribution in [0.5, 0.6) is 5.75 Å². The van der Waals surface area contributed by atoms with Crippen molar-refractivity contribution >= 4 is 17.5 Å². The Morgan fingerprint density at radius 2 is 2.03 bits per heavy atom. The number of ether oxygens (including phenoxy) is 2. The Labute approximate surface area is 211 Å². The molecule has 1 amide bonds. The molecule has 3 aromatic rings. The van der Waals surface area contributed by atoms with E-state index in [0.717, 1.165) is 73.9 Å². The number of hydrogen-bond donors (Lipinski definition) is 1. The van der Waals surface area contributed by atoms with E-state index in [1.165, 1.54) is 0 Å². The lowest BCUT2D eigenvalue weighted by molar-refractivity contribution is 0.0322. The van der Waals surface area contributed by atoms with Crippen LogP contribution in [0.25, 0.3) is 5.69 Å². The molecule has 1 N–H and O–H groups in total. The van der Waals surface area contributed by atoms with E-state index in [1.807, 2.05) is 54.1 Å². The molecule has 5 rings (SSSR count). The molecule has 0 bridgehead atoms. The van der Waals surface area contributed by atoms with E-state index < -0.39 is 0 Å². The van der Waals surface area contributed by atoms with E-state index in [2.05, 4.69) is 15.3 Å². The van der Waals surface area contributed by atoms with Gasteiger partial charge < -0.3 is 14.8 Å². The molecule has 0 unspecified atom stereocenters. The van der Waals surface area contributed by atoms with Crippen LogP contribution < -0.4 is 10.1 Å². The third-order valence-corrected chi connectivity index (χ3v) is 6.95. The van der Waals surface area contributed by atoms with E-state index in [1.54, 1.807) is 6.20 Å². The molecular formula is C27H31ClN4O3. The topological polar surface area (TPSA) is 68.6 Å². The lowest BCUT2D eigenvalue weighted by Crippen LogP contribution is -2.38. The van der Waals surface area contributed by atoms with Gasteiger partial charge in [0.1, 0.15) is 12.4 Å². The molecule has 0 spiro atoms. The minimum Gasteiger partial charge on any atom is -0.492 e. The number of benzene rings is 2. The van der Waals surface area contributed by atoms with Crippen LogP contribution in [0.4, 0.5) is 0 Å². The molecule has 1 saturated heterocycles. The van der Waals surface area contributed by atoms with Crippen LogP contribution in [0.3, 0.4) is 0 Å². The number of aryl methyl sites for hydroxylation is 1. The van der Waals surface area contributed by atoms with Gasteiger partial charge in [-0.05, 0) is 55.2 Å². The van der Waals surface area contributed by atoms with Gasteiger partial charge >= 0.3 is 0 Å². The van der Waals surface area contributed by atoms with Gasteiger partial charge in [0.25, 0.3) is 5.91 Å². The van der Waals surface area contributed by atoms with E-state index in [4.69, 9.17) is 21.1 Å². The van der Waals surface area contributed by atoms with Crippen LogP contribution in [0.15, 0.2) is 48.7 Å². The van der Waals surface area contributed by atoms with Gasteiger partial charge in [-0.3, -0.25) is 9.69 Å². The summed E-state index contributed by atoms with van der Waals surface area (Å²) in [5.41, 5.74) is 4.47. The predicted octanol–water partition coefficient (Wildman–Crippen LogP) is 4.35. The van der Waals surface area contributed by atoms with Gasteiger partial charge in [0.15, 0.2) is 0 Å². The SMILES string of the molecule is Cc1ccc(-n2ncc(C(=O)NCc3cccc(OCCN4CCOCC4)c3)c2C2CC2)cc1Cl. The molecule has 8 heteroatoms. The number of carbonyl (C=O) groups is 1. The number of hydrogen-bond acceptors (Lipinski definition) is 5. The molecule has 7 nitrogen and oxygen atoms in total. The molecular weight excluding hydrogens is 464 g/mol. The third-order valence-electron chi connectivity index (χ3n) is 6.55. The van der Waals surface area contributed by atoms with Crippen LogP contribution in [0, 0.1) is 6.92 Å². The van der Waals surface area contributed by atoms with Crippen LogP contribution >= 0.6 is 11.6 Å². The first-order chi connectivity index (χ1) is 17.1. The molecule has 0 radical (unpaired) electrons. The maximum absolute atomic E-state index is 13.1. The number of halogens is 1. The summed E-state index contributed by atoms with van der Waals surface area (Å²) in [6.07, 6.45) is 3.80. The quantitative estimate of drug-likeness (QED) is 0.479. The zero-order chi connectivity index (χ0) is 24.2. The van der Waals surface area contributed by atoms with Gasteiger partial charge in [0, 0.05) is 37.1 Å². The fraction of sp³-hybridized carbons (Fsp3) is 0.407. The highest BCUT2D eigenvalue weighted by atomic mass is 35.5. The van der Waals surface area contributed by atoms with Crippen molar-refractivity contribution in [1.29, 1.82) is 0 Å². The predicted molar refractivity (Wildman–Crippen MR) is 136 cm³/mol. The number of nitrogens with one attached hydrogen (secondary N) is 1. The maximum atomic E-state index is 13.1. The minimum atomic E-state index is -0.116. The average Bonchev–Trinajstić information content (AvgIpc) is 3.62. The second kappa shape index (κ2) is 10.8. The highest BCUT2D eigenvalue weighted by molar-refractivity contribution is 6.31. The van der Waals surface area contributed by atoms with Crippen molar-refractivity contribution in [2.45, 2.75) is 32.2 Å². The van der Waals surface area contributed by atoms with Crippen molar-refractivity contribution in [2.75, 3.05) is 39.5 Å². The first kappa shape index (κ1) is 23.9. The lowest BCUT2D eigenvalue weighted by Gasteiger charge is -2.26. The summed E-state index contributed by atoms with van der Waals surface area (Å²) < 4.78 is 13.2. The lowest BCUT2D eigenvalue weighted by atomic mass is 10.1. The van der Waals surface area contributed by atoms with Crippen molar-refractivity contribution in [2.24, 2.45) is 0 Å². The van der Waals surface area contributed by atoms with Crippen LogP contribution in [-0.2, 0) is 11.3 Å². The number of aromatic nitrogens is 2. The molecule has 1 saturated carbocycles. The Kier molecular flexibility index (Phi) is 7.37. The third kappa shape index (κ3) is 5.86. The van der Waals surface area contributed by atoms with E-state index in [-0.39, 0.29) is 5.91 Å². The van der Waals surface area contributed by atoms with Crippen molar-refractivity contribution in [3.05, 3.63) is 76.1 Å². The van der Waals surface area contributed by atoms with E-state index in [0.29, 0.717) is 29.7 Å². The summed E-state index contributed by atoms with van der Waals surface area (Å²) in [7, 11) is 0. The highest BCUT2D eigenvalue weighted by Crippen LogP contribution is 2.42. The summed E-state index contributed by atoms with van der Waals surface area (Å²) in [4.78, 5) is 15.5. The number of nitrogens with zero attached hydrogens (tertiary/aromatic N) is 3. The van der Waals surface area contributed by atoms with Gasteiger partial charge in [-0.2, -0.15) is 5.10 Å². The van der Waals surface area contributed by atoms with E-state index in [9.17, 15) is 4.79 Å². The van der Waals surface area contributed by atoms with Gasteiger partial charge in [0.05, 0.1) is 36.4 Å². The Balaban J connectivity index is 1.21. The standard InChI is InChI=1S/C27H31ClN4O3/c1-19-5-8-22(16-25(19)28)32-26(21-6-7-21)24(18-30-32)27(33)29-17-20-3-2-4-23(15-20)35-14-11-31-9-12-34-13-10-31/h2-5,8,15-16,18,21H,6-7,9-14,17H2,1H3,(H,29,33). The first-order valence-electron chi connectivity index (χ1n) is 12.2. The summed E-state index contributed by atoms with van der Waals surface area (Å²) in [6, 6.07) is 13.8. The fourth-order valence-electron chi connectivity index (χ4n) is 4.34. The summed E-state index contributed by atoms with van der Waals surface area (Å²) >= 11 is 6.34. The number of amides is 1. The van der Waals surface area contributed by atoms with Crippen molar-refractivity contribution in [3.63, 3.8) is 0 Å². The van der Waals surface area contributed by atoms with Crippen LogP contribution in [0.1, 0.15) is 45.9 Å². The Bertz CT molecular complexity index is 1180. The first-order valence-corrected chi connectivity index (χ1v) is 12.6. The second-order valence-electron chi connectivity index (χ2n) is 9.20. The number of rotatable bonds is 9. The smallest absolute Gasteiger partial charge is 0.255 e. The molecule has 2 heterocycles. The maximum Gasteiger partial charge on any atom is 0.255 e. The molecule has 0 atom stereocenters. The van der Waals surface area contributed by atoms with Gasteiger partial charge in [-0.25, -0.2) is 4.68 Å². The Morgan fingerprint density at radius 1 is 1.20 bits per heavy atom. The summed E-state index contributed by atoms with van der Waals surface area (Å²) in [6.45, 7) is 7.38. The number of morpholine rings is 1. The highest BCUT2D eigenvalue weighted by Gasteiger charge is 2.33. The Morgan fingerprint density at radius 3 is 2.80 bits per heavy atom. The average molecular weight is 495 g/mol. The molecule has 1 aliphatic carbocycles. The van der Waals surface area contributed by atoms with Crippen molar-refractivity contribution in [1.82, 2.24) is 20.0 Å². The monoisotopic (exact) mass is 494 g/mol. The van der Waals surface area contributed by atoms with Gasteiger partial charge in [-0.1, -0.05) is 29.8 Å². The molecule has 35 heavy (non-hydrogen) atoms. The molecule has 1 aromatic heterocycles. The zero-order valence-corrected chi connectivity index (χ0v) is 20.8. The van der Waals surface area contributed by atoms with Crippen LogP contribution in [-0.4, -0.2) is 60.0 Å². The van der Waals surface area contributed by atoms with Gasteiger partial charge in [-0.15, -0.1) is 0 Å². The zero-order valence-electron chi connectivity index (χ0n) is 20.0. The molecule has 184 valence electrons. The van der Waals surface area contributed by atoms with Crippen molar-refractivity contribution < 1.29 is 14.3 Å². The van der Waals surface area contributed by atoms with Gasteiger partial charge in [0.2, 0.25) is 0 Å². The second-order valence-corrected chi connectivity index (χ2v) is 9.60. The van der Waals surface area contributed by atoms with Crippen molar-refractivity contribution in [3.8, 4) is 11.4 Å². The van der Waals surface area contributed by atoms with E-state index >= 15 is 0 Å². The Hall–Kier alpha value is -2.87. The summed E-state index contributed by atoms with van der Waals surface area (Å²) in [5.74, 6) is 1.05. The minimum absolute atomic E-state index is 0.116. The molecule has 2 aromatic carbocycles. The largest absolute Gasteiger partial charge is 0.492 e. The number of carbonyl (C=O) groups excluding carboxylic acids is 1. The van der Waals surface area contributed by atoms with Crippen LogP contribution in [0.2, 0.25) is 5.02 Å². The fourth-order valence-corrected chi connectivity index (χ4v) is 4.52.